The normalized spacial score (nSPS) is 17.3. The largest absolute Gasteiger partial charge is 0.466 e. The van der Waals surface area contributed by atoms with Crippen molar-refractivity contribution in [1.29, 1.82) is 0 Å². The summed E-state index contributed by atoms with van der Waals surface area (Å²) < 4.78 is 6.93. The summed E-state index contributed by atoms with van der Waals surface area (Å²) in [7, 11) is 0. The van der Waals surface area contributed by atoms with Gasteiger partial charge in [-0.2, -0.15) is 0 Å². The Morgan fingerprint density at radius 2 is 2.23 bits per heavy atom. The van der Waals surface area contributed by atoms with Crippen molar-refractivity contribution in [2.75, 3.05) is 32.0 Å². The summed E-state index contributed by atoms with van der Waals surface area (Å²) in [5, 5.41) is 4.43. The van der Waals surface area contributed by atoms with Crippen LogP contribution in [0.1, 0.15) is 31.7 Å². The standard InChI is InChI=1S/C22H28N6O2/c1-2-30-22(29)17-8-6-12-27(15-17)11-5-7-16-13-25-21-19(18-9-3-4-10-24-18)20(23)26-28(21)14-16/h3-4,9-10,13-14,17H,2,5-8,11-12,15H2,1H3,(H2,23,26). The highest BCUT2D eigenvalue weighted by Crippen LogP contribution is 2.27. The number of hydrogen-bond acceptors (Lipinski definition) is 7. The number of fused-ring (bicyclic) bond motifs is 1. The van der Waals surface area contributed by atoms with Crippen molar-refractivity contribution in [3.63, 3.8) is 0 Å². The molecule has 1 aliphatic heterocycles. The summed E-state index contributed by atoms with van der Waals surface area (Å²) in [6, 6.07) is 5.70. The summed E-state index contributed by atoms with van der Waals surface area (Å²) in [5.74, 6) is 0.377. The number of nitrogens with two attached hydrogens (primary N) is 1. The molecule has 2 N–H and O–H groups in total. The summed E-state index contributed by atoms with van der Waals surface area (Å²) >= 11 is 0. The van der Waals surface area contributed by atoms with Gasteiger partial charge >= 0.3 is 5.97 Å². The Labute approximate surface area is 176 Å². The van der Waals surface area contributed by atoms with Crippen molar-refractivity contribution >= 4 is 17.4 Å². The maximum absolute atomic E-state index is 12.0. The van der Waals surface area contributed by atoms with Gasteiger partial charge in [-0.25, -0.2) is 9.50 Å². The summed E-state index contributed by atoms with van der Waals surface area (Å²) in [6.45, 7) is 5.09. The molecule has 1 aliphatic rings. The van der Waals surface area contributed by atoms with Crippen molar-refractivity contribution in [3.8, 4) is 11.3 Å². The van der Waals surface area contributed by atoms with E-state index in [-0.39, 0.29) is 11.9 Å². The molecule has 4 heterocycles. The van der Waals surface area contributed by atoms with E-state index in [4.69, 9.17) is 10.5 Å². The Balaban J connectivity index is 1.38. The number of aryl methyl sites for hydroxylation is 1. The maximum Gasteiger partial charge on any atom is 0.310 e. The lowest BCUT2D eigenvalue weighted by Gasteiger charge is -2.31. The van der Waals surface area contributed by atoms with Gasteiger partial charge in [0.25, 0.3) is 0 Å². The van der Waals surface area contributed by atoms with E-state index in [1.165, 1.54) is 0 Å². The van der Waals surface area contributed by atoms with Gasteiger partial charge in [-0.3, -0.25) is 9.78 Å². The van der Waals surface area contributed by atoms with Gasteiger partial charge in [-0.05, 0) is 63.4 Å². The quantitative estimate of drug-likeness (QED) is 0.600. The predicted octanol–water partition coefficient (Wildman–Crippen LogP) is 2.58. The molecule has 0 radical (unpaired) electrons. The first-order valence-corrected chi connectivity index (χ1v) is 10.6. The van der Waals surface area contributed by atoms with E-state index in [0.717, 1.165) is 62.1 Å². The van der Waals surface area contributed by atoms with Crippen LogP contribution < -0.4 is 5.73 Å². The van der Waals surface area contributed by atoms with Crippen molar-refractivity contribution < 1.29 is 9.53 Å². The van der Waals surface area contributed by atoms with Gasteiger partial charge in [0, 0.05) is 25.1 Å². The molecule has 0 aromatic carbocycles. The lowest BCUT2D eigenvalue weighted by Crippen LogP contribution is -2.39. The zero-order valence-electron chi connectivity index (χ0n) is 17.3. The number of hydrogen-bond donors (Lipinski definition) is 1. The fourth-order valence-electron chi connectivity index (χ4n) is 4.09. The third-order valence-corrected chi connectivity index (χ3v) is 5.54. The van der Waals surface area contributed by atoms with Crippen molar-refractivity contribution in [3.05, 3.63) is 42.4 Å². The summed E-state index contributed by atoms with van der Waals surface area (Å²) in [5.41, 5.74) is 9.49. The Hall–Kier alpha value is -3.00. The molecule has 1 atom stereocenters. The monoisotopic (exact) mass is 408 g/mol. The molecular weight excluding hydrogens is 380 g/mol. The molecule has 0 bridgehead atoms. The van der Waals surface area contributed by atoms with Crippen LogP contribution in [0.3, 0.4) is 0 Å². The zero-order chi connectivity index (χ0) is 20.9. The van der Waals surface area contributed by atoms with Crippen LogP contribution in [-0.4, -0.2) is 56.7 Å². The van der Waals surface area contributed by atoms with Crippen LogP contribution in [0.15, 0.2) is 36.8 Å². The van der Waals surface area contributed by atoms with Gasteiger partial charge in [0.2, 0.25) is 0 Å². The third kappa shape index (κ3) is 4.43. The number of rotatable bonds is 7. The summed E-state index contributed by atoms with van der Waals surface area (Å²) in [4.78, 5) is 23.4. The SMILES string of the molecule is CCOC(=O)C1CCCN(CCCc2cnc3c(-c4ccccn4)c(N)nn3c2)C1. The Morgan fingerprint density at radius 3 is 3.03 bits per heavy atom. The number of pyridine rings is 1. The van der Waals surface area contributed by atoms with Crippen molar-refractivity contribution in [2.45, 2.75) is 32.6 Å². The Bertz CT molecular complexity index is 1000. The minimum Gasteiger partial charge on any atom is -0.466 e. The van der Waals surface area contributed by atoms with Crippen LogP contribution in [0.2, 0.25) is 0 Å². The van der Waals surface area contributed by atoms with E-state index in [1.54, 1.807) is 10.7 Å². The second-order valence-corrected chi connectivity index (χ2v) is 7.70. The number of carbonyl (C=O) groups is 1. The minimum absolute atomic E-state index is 0.00813. The van der Waals surface area contributed by atoms with Gasteiger partial charge in [0.15, 0.2) is 11.5 Å². The molecule has 8 heteroatoms. The topological polar surface area (TPSA) is 98.6 Å². The number of ether oxygens (including phenoxy) is 1. The van der Waals surface area contributed by atoms with Gasteiger partial charge in [-0.1, -0.05) is 6.07 Å². The van der Waals surface area contributed by atoms with Gasteiger partial charge in [-0.15, -0.1) is 5.10 Å². The van der Waals surface area contributed by atoms with Gasteiger partial charge < -0.3 is 15.4 Å². The molecule has 3 aromatic heterocycles. The van der Waals surface area contributed by atoms with E-state index in [9.17, 15) is 4.79 Å². The highest BCUT2D eigenvalue weighted by molar-refractivity contribution is 5.84. The molecule has 0 spiro atoms. The molecule has 3 aromatic rings. The van der Waals surface area contributed by atoms with Crippen LogP contribution in [-0.2, 0) is 16.0 Å². The van der Waals surface area contributed by atoms with Crippen LogP contribution in [0.25, 0.3) is 16.9 Å². The molecule has 1 saturated heterocycles. The Morgan fingerprint density at radius 1 is 1.33 bits per heavy atom. The fraction of sp³-hybridized carbons (Fsp3) is 0.455. The lowest BCUT2D eigenvalue weighted by molar-refractivity contribution is -0.149. The number of likely N-dealkylation sites (tertiary alicyclic amines) is 1. The molecule has 0 saturated carbocycles. The molecule has 4 rings (SSSR count). The molecule has 30 heavy (non-hydrogen) atoms. The first-order chi connectivity index (χ1) is 14.7. The minimum atomic E-state index is -0.0585. The Kier molecular flexibility index (Phi) is 6.23. The number of nitrogens with zero attached hydrogens (tertiary/aromatic N) is 5. The van der Waals surface area contributed by atoms with E-state index < -0.39 is 0 Å². The van der Waals surface area contributed by atoms with Gasteiger partial charge in [0.05, 0.1) is 23.8 Å². The van der Waals surface area contributed by atoms with Crippen LogP contribution >= 0.6 is 0 Å². The second-order valence-electron chi connectivity index (χ2n) is 7.70. The number of anilines is 1. The average molecular weight is 409 g/mol. The fourth-order valence-corrected chi connectivity index (χ4v) is 4.09. The average Bonchev–Trinajstić information content (AvgIpc) is 3.09. The van der Waals surface area contributed by atoms with E-state index in [1.807, 2.05) is 37.5 Å². The van der Waals surface area contributed by atoms with Crippen LogP contribution in [0.5, 0.6) is 0 Å². The van der Waals surface area contributed by atoms with E-state index >= 15 is 0 Å². The van der Waals surface area contributed by atoms with E-state index in [0.29, 0.717) is 18.1 Å². The van der Waals surface area contributed by atoms with Crippen LogP contribution in [0.4, 0.5) is 5.82 Å². The first kappa shape index (κ1) is 20.3. The number of esters is 1. The zero-order valence-corrected chi connectivity index (χ0v) is 17.3. The van der Waals surface area contributed by atoms with Gasteiger partial charge in [0.1, 0.15) is 0 Å². The number of carbonyl (C=O) groups excluding carboxylic acids is 1. The molecule has 0 aliphatic carbocycles. The molecule has 0 amide bonds. The molecule has 1 unspecified atom stereocenters. The molecule has 158 valence electrons. The number of aromatic nitrogens is 4. The number of nitrogen functional groups attached to an aromatic ring is 1. The third-order valence-electron chi connectivity index (χ3n) is 5.54. The molecule has 1 fully saturated rings. The maximum atomic E-state index is 12.0. The van der Waals surface area contributed by atoms with Crippen molar-refractivity contribution in [1.82, 2.24) is 24.5 Å². The summed E-state index contributed by atoms with van der Waals surface area (Å²) in [6.07, 6.45) is 9.47. The number of piperidine rings is 1. The molecular formula is C22H28N6O2. The van der Waals surface area contributed by atoms with Crippen LogP contribution in [0, 0.1) is 5.92 Å². The molecule has 8 nitrogen and oxygen atoms in total. The lowest BCUT2D eigenvalue weighted by atomic mass is 9.98. The van der Waals surface area contributed by atoms with E-state index in [2.05, 4.69) is 20.0 Å². The highest BCUT2D eigenvalue weighted by atomic mass is 16.5. The highest BCUT2D eigenvalue weighted by Gasteiger charge is 2.26. The van der Waals surface area contributed by atoms with Crippen molar-refractivity contribution in [2.24, 2.45) is 5.92 Å². The predicted molar refractivity (Wildman–Crippen MR) is 115 cm³/mol. The second kappa shape index (κ2) is 9.21. The first-order valence-electron chi connectivity index (χ1n) is 10.6. The smallest absolute Gasteiger partial charge is 0.310 e.